The minimum Gasteiger partial charge on any atom is -0.493 e. The molecule has 0 saturated heterocycles. The second kappa shape index (κ2) is 10.6. The van der Waals surface area contributed by atoms with Gasteiger partial charge in [-0.2, -0.15) is 5.30 Å². The Balaban J connectivity index is 0.00000338. The summed E-state index contributed by atoms with van der Waals surface area (Å²) in [6, 6.07) is 10.5. The number of hydrogen-bond donors (Lipinski definition) is 0. The van der Waals surface area contributed by atoms with Gasteiger partial charge in [-0.3, -0.25) is 0 Å². The summed E-state index contributed by atoms with van der Waals surface area (Å²) in [6.45, 7) is 7.78. The molecule has 0 aromatic heterocycles. The van der Waals surface area contributed by atoms with Gasteiger partial charge in [0.2, 0.25) is 0 Å². The van der Waals surface area contributed by atoms with Crippen molar-refractivity contribution in [3.05, 3.63) is 52.0 Å². The van der Waals surface area contributed by atoms with Crippen LogP contribution >= 0.6 is 31.8 Å². The van der Waals surface area contributed by atoms with E-state index in [-0.39, 0.29) is 36.6 Å². The second-order valence-corrected chi connectivity index (χ2v) is 7.90. The maximum Gasteiger partial charge on any atom is 1.00 e. The van der Waals surface area contributed by atoms with Gasteiger partial charge in [0.25, 0.3) is 0 Å². The van der Waals surface area contributed by atoms with Crippen LogP contribution in [0.25, 0.3) is 0 Å². The number of hydrogen-bond acceptors (Lipinski definition) is 3. The average molecular weight is 405 g/mol. The number of ether oxygens (including phenoxy) is 2. The molecule has 0 unspecified atom stereocenters. The summed E-state index contributed by atoms with van der Waals surface area (Å²) < 4.78 is 11.6. The van der Waals surface area contributed by atoms with Gasteiger partial charge >= 0.3 is 18.9 Å². The summed E-state index contributed by atoms with van der Waals surface area (Å²) in [5, 5.41) is 1.43. The molecule has 134 valence electrons. The third-order valence-corrected chi connectivity index (χ3v) is 4.73. The van der Waals surface area contributed by atoms with Crippen LogP contribution in [-0.2, 0) is 0 Å². The Labute approximate surface area is 178 Å². The van der Waals surface area contributed by atoms with Gasteiger partial charge in [-0.15, -0.1) is 0 Å². The Morgan fingerprint density at radius 2 is 1.54 bits per heavy atom. The monoisotopic (exact) mass is 404 g/mol. The molecule has 7 heteroatoms. The van der Waals surface area contributed by atoms with Gasteiger partial charge < -0.3 is 22.8 Å². The Morgan fingerprint density at radius 3 is 2.08 bits per heavy atom. The minimum atomic E-state index is -0.179. The first-order valence-electron chi connectivity index (χ1n) is 7.95. The molecule has 0 aliphatic heterocycles. The van der Waals surface area contributed by atoms with E-state index in [4.69, 9.17) is 32.7 Å². The van der Waals surface area contributed by atoms with Crippen LogP contribution in [-0.4, -0.2) is 17.7 Å². The zero-order valence-electron chi connectivity index (χ0n) is 15.5. The van der Waals surface area contributed by atoms with Gasteiger partial charge in [0.05, 0.1) is 28.0 Å². The third-order valence-electron chi connectivity index (χ3n) is 3.06. The Hall–Kier alpha value is -0.683. The molecule has 2 rings (SSSR count). The van der Waals surface area contributed by atoms with Crippen molar-refractivity contribution < 1.29 is 33.1 Å². The number of carbonyl (C=O) groups excluding carboxylic acids is 1. The Morgan fingerprint density at radius 1 is 0.962 bits per heavy atom. The zero-order chi connectivity index (χ0) is 18.6. The van der Waals surface area contributed by atoms with Crippen LogP contribution in [0.4, 0.5) is 0 Å². The molecule has 26 heavy (non-hydrogen) atoms. The smallest absolute Gasteiger partial charge is 0.493 e. The first-order chi connectivity index (χ1) is 11.8. The van der Waals surface area contributed by atoms with Gasteiger partial charge in [0.15, 0.2) is 0 Å². The quantitative estimate of drug-likeness (QED) is 0.525. The van der Waals surface area contributed by atoms with Crippen molar-refractivity contribution in [1.29, 1.82) is 0 Å². The maximum absolute atomic E-state index is 12.7. The van der Waals surface area contributed by atoms with Gasteiger partial charge in [-0.05, 0) is 45.9 Å². The number of rotatable bonds is 7. The summed E-state index contributed by atoms with van der Waals surface area (Å²) in [5.74, 6) is 1.32. The Kier molecular flexibility index (Phi) is 9.52. The fraction of sp³-hybridized carbons (Fsp3) is 0.316. The second-order valence-electron chi connectivity index (χ2n) is 5.98. The van der Waals surface area contributed by atoms with E-state index in [1.165, 1.54) is 0 Å². The van der Waals surface area contributed by atoms with Crippen molar-refractivity contribution in [1.82, 2.24) is 0 Å². The normalized spacial score (nSPS) is 11.1. The van der Waals surface area contributed by atoms with Crippen molar-refractivity contribution >= 4 is 42.6 Å². The fourth-order valence-corrected chi connectivity index (χ4v) is 3.80. The molecular formula is C19H20Cl2LiO3P. The predicted molar refractivity (Wildman–Crippen MR) is 105 cm³/mol. The van der Waals surface area contributed by atoms with E-state index >= 15 is 0 Å². The third kappa shape index (κ3) is 6.49. The molecule has 0 aliphatic carbocycles. The largest absolute Gasteiger partial charge is 1.00 e. The molecular weight excluding hydrogens is 385 g/mol. The van der Waals surface area contributed by atoms with Crippen LogP contribution in [0.5, 0.6) is 11.5 Å². The van der Waals surface area contributed by atoms with E-state index in [1.54, 1.807) is 18.2 Å². The van der Waals surface area contributed by atoms with Crippen molar-refractivity contribution in [3.8, 4) is 11.5 Å². The molecule has 0 saturated carbocycles. The van der Waals surface area contributed by atoms with Crippen LogP contribution in [0.2, 0.25) is 10.0 Å². The summed E-state index contributed by atoms with van der Waals surface area (Å²) in [4.78, 5) is 12.7. The number of halogens is 2. The van der Waals surface area contributed by atoms with Crippen LogP contribution in [0.1, 0.15) is 38.1 Å². The van der Waals surface area contributed by atoms with Crippen molar-refractivity contribution in [2.45, 2.75) is 39.9 Å². The van der Waals surface area contributed by atoms with Gasteiger partial charge in [-0.1, -0.05) is 35.3 Å². The van der Waals surface area contributed by atoms with Crippen LogP contribution < -0.4 is 33.6 Å². The average Bonchev–Trinajstić information content (AvgIpc) is 2.48. The summed E-state index contributed by atoms with van der Waals surface area (Å²) in [5.41, 5.74) is 0.146. The summed E-state index contributed by atoms with van der Waals surface area (Å²) in [6.07, 6.45) is 0.0288. The molecule has 3 nitrogen and oxygen atoms in total. The molecule has 2 aromatic carbocycles. The molecule has 2 aromatic rings. The SMILES string of the molecule is CC(C)Oc1ccc([P-]C(=O)c2c(Cl)cccc2Cl)c(OC(C)C)c1.[Li+]. The molecule has 0 fully saturated rings. The summed E-state index contributed by atoms with van der Waals surface area (Å²) >= 11 is 12.3. The van der Waals surface area contributed by atoms with E-state index in [2.05, 4.69) is 0 Å². The molecule has 0 aliphatic rings. The van der Waals surface area contributed by atoms with Crippen LogP contribution in [0.3, 0.4) is 0 Å². The zero-order valence-corrected chi connectivity index (χ0v) is 18.0. The molecule has 0 N–H and O–H groups in total. The predicted octanol–water partition coefficient (Wildman–Crippen LogP) is 2.98. The minimum absolute atomic E-state index is 0. The first-order valence-corrected chi connectivity index (χ1v) is 9.60. The van der Waals surface area contributed by atoms with E-state index in [0.717, 1.165) is 5.30 Å². The number of carbonyl (C=O) groups is 1. The fourth-order valence-electron chi connectivity index (χ4n) is 2.15. The molecule has 0 spiro atoms. The molecule has 0 atom stereocenters. The molecule has 0 bridgehead atoms. The van der Waals surface area contributed by atoms with E-state index in [1.807, 2.05) is 45.9 Å². The van der Waals surface area contributed by atoms with Crippen molar-refractivity contribution in [2.24, 2.45) is 0 Å². The van der Waals surface area contributed by atoms with Crippen molar-refractivity contribution in [2.75, 3.05) is 0 Å². The van der Waals surface area contributed by atoms with Gasteiger partial charge in [0, 0.05) is 17.2 Å². The molecule has 0 radical (unpaired) electrons. The van der Waals surface area contributed by atoms with E-state index in [9.17, 15) is 4.79 Å². The van der Waals surface area contributed by atoms with Crippen molar-refractivity contribution in [3.63, 3.8) is 0 Å². The standard InChI is InChI=1S/C19H20Cl2O3P.Li/c1-11(2)23-13-8-9-17(16(10-13)24-12(3)4)25-19(22)18-14(20)6-5-7-15(18)21;/h5-12H,1-4H3;/q-1;+1. The first kappa shape index (κ1) is 23.4. The van der Waals surface area contributed by atoms with E-state index < -0.39 is 0 Å². The van der Waals surface area contributed by atoms with Crippen LogP contribution in [0.15, 0.2) is 36.4 Å². The molecule has 0 amide bonds. The van der Waals surface area contributed by atoms with E-state index in [0.29, 0.717) is 35.7 Å². The van der Waals surface area contributed by atoms with Gasteiger partial charge in [-0.25, -0.2) is 0 Å². The Bertz CT molecular complexity index is 746. The van der Waals surface area contributed by atoms with Gasteiger partial charge in [0.1, 0.15) is 5.75 Å². The summed E-state index contributed by atoms with van der Waals surface area (Å²) in [7, 11) is 0.442. The topological polar surface area (TPSA) is 35.5 Å². The maximum atomic E-state index is 12.7. The van der Waals surface area contributed by atoms with Crippen LogP contribution in [0, 0.1) is 0 Å². The molecule has 0 heterocycles. The number of benzene rings is 2.